The Balaban J connectivity index is 1.76. The summed E-state index contributed by atoms with van der Waals surface area (Å²) in [4.78, 5) is 13.5. The minimum absolute atomic E-state index is 0.0106. The number of nitrogens with one attached hydrogen (secondary N) is 1. The summed E-state index contributed by atoms with van der Waals surface area (Å²) in [6.45, 7) is 0.153. The molecule has 0 saturated heterocycles. The lowest BCUT2D eigenvalue weighted by atomic mass is 9.77. The fourth-order valence-corrected chi connectivity index (χ4v) is 4.39. The molecule has 5 rings (SSSR count). The topological polar surface area (TPSA) is 140 Å². The van der Waals surface area contributed by atoms with Crippen molar-refractivity contribution in [3.63, 3.8) is 0 Å². The van der Waals surface area contributed by atoms with Crippen molar-refractivity contribution in [1.29, 1.82) is 0 Å². The smallest absolute Gasteiger partial charge is 0.342 e. The molecule has 32 heavy (non-hydrogen) atoms. The van der Waals surface area contributed by atoms with Gasteiger partial charge in [-0.25, -0.2) is 4.79 Å². The summed E-state index contributed by atoms with van der Waals surface area (Å²) in [5, 5.41) is 23.0. The number of hydrogen-bond acceptors (Lipinski definition) is 8. The maximum absolute atomic E-state index is 13.2. The third-order valence-electron chi connectivity index (χ3n) is 5.65. The summed E-state index contributed by atoms with van der Waals surface area (Å²) < 4.78 is 12.0. The number of nitrogens with two attached hydrogens (primary N) is 2. The molecule has 2 aliphatic rings. The Labute approximate surface area is 188 Å². The number of fused-ring (bicyclic) bond motifs is 6. The van der Waals surface area contributed by atoms with Gasteiger partial charge in [0.1, 0.15) is 23.0 Å². The van der Waals surface area contributed by atoms with E-state index in [0.29, 0.717) is 44.4 Å². The van der Waals surface area contributed by atoms with Gasteiger partial charge >= 0.3 is 5.97 Å². The second-order valence-corrected chi connectivity index (χ2v) is 8.03. The quantitative estimate of drug-likeness (QED) is 0.301. The Hall–Kier alpha value is -3.66. The molecule has 0 bridgehead atoms. The van der Waals surface area contributed by atoms with Crippen LogP contribution in [0.4, 0.5) is 5.69 Å². The molecule has 2 heterocycles. The van der Waals surface area contributed by atoms with Crippen LogP contribution < -0.4 is 21.5 Å². The lowest BCUT2D eigenvalue weighted by molar-refractivity contribution is 0.0224. The highest BCUT2D eigenvalue weighted by molar-refractivity contribution is 7.80. The van der Waals surface area contributed by atoms with Gasteiger partial charge in [-0.15, -0.1) is 0 Å². The fraction of sp³-hybridized carbons (Fsp3) is 0.130. The molecule has 2 aliphatic heterocycles. The maximum Gasteiger partial charge on any atom is 0.342 e. The van der Waals surface area contributed by atoms with Gasteiger partial charge in [-0.1, -0.05) is 24.4 Å². The van der Waals surface area contributed by atoms with Crippen molar-refractivity contribution < 1.29 is 24.5 Å². The van der Waals surface area contributed by atoms with Crippen LogP contribution in [0.3, 0.4) is 0 Å². The number of thiocarbonyl (C=S) groups is 1. The van der Waals surface area contributed by atoms with Gasteiger partial charge in [0.05, 0.1) is 22.3 Å². The predicted molar refractivity (Wildman–Crippen MR) is 121 cm³/mol. The van der Waals surface area contributed by atoms with Crippen molar-refractivity contribution in [2.45, 2.75) is 11.6 Å². The summed E-state index contributed by atoms with van der Waals surface area (Å²) >= 11 is 5.33. The second kappa shape index (κ2) is 7.20. The van der Waals surface area contributed by atoms with Crippen molar-refractivity contribution in [2.24, 2.45) is 11.5 Å². The summed E-state index contributed by atoms with van der Waals surface area (Å²) in [7, 11) is 0. The second-order valence-electron chi connectivity index (χ2n) is 7.59. The van der Waals surface area contributed by atoms with Crippen LogP contribution in [0.15, 0.2) is 54.6 Å². The highest BCUT2D eigenvalue weighted by Crippen LogP contribution is 2.57. The zero-order valence-corrected chi connectivity index (χ0v) is 17.5. The Morgan fingerprint density at radius 1 is 1.03 bits per heavy atom. The first-order valence-electron chi connectivity index (χ1n) is 9.83. The summed E-state index contributed by atoms with van der Waals surface area (Å²) in [6.07, 6.45) is 0. The van der Waals surface area contributed by atoms with Crippen molar-refractivity contribution in [2.75, 3.05) is 11.9 Å². The molecule has 162 valence electrons. The molecule has 3 aromatic rings. The molecule has 0 amide bonds. The summed E-state index contributed by atoms with van der Waals surface area (Å²) in [5.74, 6) is 0.0323. The average Bonchev–Trinajstić information content (AvgIpc) is 3.06. The Kier molecular flexibility index (Phi) is 4.55. The van der Waals surface area contributed by atoms with E-state index in [2.05, 4.69) is 5.32 Å². The molecule has 1 unspecified atom stereocenters. The van der Waals surface area contributed by atoms with E-state index in [0.717, 1.165) is 0 Å². The van der Waals surface area contributed by atoms with Gasteiger partial charge in [-0.05, 0) is 30.3 Å². The first-order chi connectivity index (χ1) is 15.3. The van der Waals surface area contributed by atoms with Crippen LogP contribution in [0.5, 0.6) is 23.0 Å². The van der Waals surface area contributed by atoms with Crippen LogP contribution in [0.1, 0.15) is 27.0 Å². The van der Waals surface area contributed by atoms with E-state index < -0.39 is 17.6 Å². The van der Waals surface area contributed by atoms with E-state index in [1.165, 1.54) is 24.3 Å². The van der Waals surface area contributed by atoms with Crippen LogP contribution in [0, 0.1) is 0 Å². The van der Waals surface area contributed by atoms with E-state index >= 15 is 0 Å². The highest BCUT2D eigenvalue weighted by atomic mass is 32.1. The zero-order chi connectivity index (χ0) is 22.6. The number of benzene rings is 3. The molecule has 0 aliphatic carbocycles. The number of hydrogen-bond donors (Lipinski definition) is 5. The Morgan fingerprint density at radius 2 is 1.66 bits per heavy atom. The monoisotopic (exact) mass is 449 g/mol. The third-order valence-corrected chi connectivity index (χ3v) is 6.06. The normalized spacial score (nSPS) is 15.8. The van der Waals surface area contributed by atoms with Gasteiger partial charge in [-0.2, -0.15) is 0 Å². The molecule has 0 saturated carbocycles. The molecule has 9 heteroatoms. The molecule has 0 fully saturated rings. The maximum atomic E-state index is 13.2. The number of phenolic OH excluding ortho intramolecular Hbond substituents is 2. The van der Waals surface area contributed by atoms with E-state index in [-0.39, 0.29) is 18.0 Å². The molecule has 0 aromatic heterocycles. The molecule has 1 atom stereocenters. The van der Waals surface area contributed by atoms with Crippen LogP contribution in [0.25, 0.3) is 0 Å². The molecule has 3 aromatic carbocycles. The number of carbonyl (C=O) groups is 1. The van der Waals surface area contributed by atoms with Crippen molar-refractivity contribution in [1.82, 2.24) is 0 Å². The number of phenols is 2. The van der Waals surface area contributed by atoms with Gasteiger partial charge in [0.2, 0.25) is 0 Å². The Bertz CT molecular complexity index is 1240. The molecule has 0 radical (unpaired) electrons. The number of carbonyl (C=O) groups excluding carboxylic acids is 1. The lowest BCUT2D eigenvalue weighted by Gasteiger charge is -2.36. The van der Waals surface area contributed by atoms with Crippen LogP contribution in [0.2, 0.25) is 0 Å². The number of esters is 1. The highest BCUT2D eigenvalue weighted by Gasteiger charge is 2.54. The van der Waals surface area contributed by atoms with E-state index in [4.69, 9.17) is 33.2 Å². The van der Waals surface area contributed by atoms with Gasteiger partial charge in [-0.3, -0.25) is 0 Å². The Morgan fingerprint density at radius 3 is 2.25 bits per heavy atom. The van der Waals surface area contributed by atoms with E-state index in [1.54, 1.807) is 30.3 Å². The van der Waals surface area contributed by atoms with Crippen LogP contribution in [-0.2, 0) is 10.3 Å². The minimum atomic E-state index is -1.34. The van der Waals surface area contributed by atoms with Gasteiger partial charge in [0.15, 0.2) is 5.60 Å². The number of rotatable bonds is 3. The number of ether oxygens (including phenoxy) is 2. The molecular weight excluding hydrogens is 430 g/mol. The number of aromatic hydroxyl groups is 2. The van der Waals surface area contributed by atoms with Gasteiger partial charge < -0.3 is 36.5 Å². The van der Waals surface area contributed by atoms with E-state index in [1.807, 2.05) is 0 Å². The predicted octanol–water partition coefficient (Wildman–Crippen LogP) is 2.69. The molecular formula is C23H19N3O5S. The lowest BCUT2D eigenvalue weighted by Crippen LogP contribution is -2.40. The third kappa shape index (κ3) is 2.83. The minimum Gasteiger partial charge on any atom is -0.508 e. The first kappa shape index (κ1) is 20.3. The molecule has 8 nitrogen and oxygen atoms in total. The van der Waals surface area contributed by atoms with Gasteiger partial charge in [0.25, 0.3) is 0 Å². The summed E-state index contributed by atoms with van der Waals surface area (Å²) in [5.41, 5.74) is 12.6. The van der Waals surface area contributed by atoms with Gasteiger partial charge in [0, 0.05) is 35.4 Å². The SMILES string of the molecule is NCC(N)C(=S)Nc1cccc2c1C(=O)OC21c2ccc(O)cc2Oc2cc(O)ccc21. The van der Waals surface area contributed by atoms with Crippen molar-refractivity contribution >= 4 is 28.9 Å². The largest absolute Gasteiger partial charge is 0.508 e. The van der Waals surface area contributed by atoms with Crippen molar-refractivity contribution in [3.8, 4) is 23.0 Å². The van der Waals surface area contributed by atoms with Crippen LogP contribution >= 0.6 is 12.2 Å². The first-order valence-corrected chi connectivity index (χ1v) is 10.2. The molecule has 7 N–H and O–H groups in total. The fourth-order valence-electron chi connectivity index (χ4n) is 4.18. The summed E-state index contributed by atoms with van der Waals surface area (Å²) in [6, 6.07) is 13.9. The number of anilines is 1. The molecule has 1 spiro atoms. The average molecular weight is 449 g/mol. The standard InChI is InChI=1S/C23H19N3O5S/c24-10-16(25)21(32)26-17-3-1-2-15-20(17)22(29)31-23(15)13-6-4-11(27)8-18(13)30-19-9-12(28)5-7-14(19)23/h1-9,16,27-28H,10,24-25H2,(H,26,32). The zero-order valence-electron chi connectivity index (χ0n) is 16.7. The van der Waals surface area contributed by atoms with Crippen LogP contribution in [-0.4, -0.2) is 33.8 Å². The van der Waals surface area contributed by atoms with E-state index in [9.17, 15) is 15.0 Å². The van der Waals surface area contributed by atoms with Crippen molar-refractivity contribution in [3.05, 3.63) is 76.9 Å².